The zero-order chi connectivity index (χ0) is 11.4. The van der Waals surface area contributed by atoms with Crippen molar-refractivity contribution in [3.8, 4) is 11.1 Å². The highest BCUT2D eigenvalue weighted by atomic mass is 32.1. The number of hydrogen-bond donors (Lipinski definition) is 1. The summed E-state index contributed by atoms with van der Waals surface area (Å²) in [5.41, 5.74) is 4.16. The Morgan fingerprint density at radius 2 is 1.94 bits per heavy atom. The molecule has 2 aliphatic rings. The normalized spacial score (nSPS) is 10.9. The van der Waals surface area contributed by atoms with E-state index in [1.165, 1.54) is 42.4 Å². The molecule has 1 heteroatoms. The van der Waals surface area contributed by atoms with Crippen LogP contribution in [0.15, 0.2) is 41.3 Å². The average molecular weight is 230 g/mol. The maximum atomic E-state index is 4.44. The van der Waals surface area contributed by atoms with E-state index in [1.807, 2.05) is 6.07 Å². The third-order valence-electron chi connectivity index (χ3n) is 3.01. The molecule has 2 rings (SSSR count). The molecule has 84 valence electrons. The lowest BCUT2D eigenvalue weighted by atomic mass is 10.0. The highest BCUT2D eigenvalue weighted by Crippen LogP contribution is 2.29. The Hall–Kier alpha value is -0.950. The monoisotopic (exact) mass is 230 g/mol. The minimum atomic E-state index is 1.04. The Labute approximate surface area is 103 Å². The smallest absolute Gasteiger partial charge is 0.00462 e. The van der Waals surface area contributed by atoms with Gasteiger partial charge in [0, 0.05) is 4.90 Å². The summed E-state index contributed by atoms with van der Waals surface area (Å²) < 4.78 is 0. The van der Waals surface area contributed by atoms with Gasteiger partial charge in [-0.3, -0.25) is 0 Å². The lowest BCUT2D eigenvalue weighted by Crippen LogP contribution is -1.84. The maximum Gasteiger partial charge on any atom is 0.00462 e. The first kappa shape index (κ1) is 11.5. The van der Waals surface area contributed by atoms with Crippen molar-refractivity contribution in [2.75, 3.05) is 0 Å². The van der Waals surface area contributed by atoms with Gasteiger partial charge in [-0.1, -0.05) is 44.0 Å². The van der Waals surface area contributed by atoms with Crippen LogP contribution in [0.4, 0.5) is 0 Å². The first-order chi connectivity index (χ1) is 7.81. The summed E-state index contributed by atoms with van der Waals surface area (Å²) in [4.78, 5) is 1.04. The molecule has 0 unspecified atom stereocenters. The first-order valence-corrected chi connectivity index (χ1v) is 6.46. The maximum absolute atomic E-state index is 4.44. The van der Waals surface area contributed by atoms with Gasteiger partial charge in [-0.25, -0.2) is 0 Å². The van der Waals surface area contributed by atoms with Gasteiger partial charge in [0.1, 0.15) is 0 Å². The van der Waals surface area contributed by atoms with Gasteiger partial charge in [0.2, 0.25) is 0 Å². The van der Waals surface area contributed by atoms with E-state index in [9.17, 15) is 0 Å². The molecular weight excluding hydrogens is 212 g/mol. The number of thiol groups is 1. The third-order valence-corrected chi connectivity index (χ3v) is 3.28. The van der Waals surface area contributed by atoms with Crippen LogP contribution in [0, 0.1) is 0 Å². The molecule has 0 N–H and O–H groups in total. The van der Waals surface area contributed by atoms with Crippen LogP contribution in [0.2, 0.25) is 0 Å². The van der Waals surface area contributed by atoms with Crippen molar-refractivity contribution in [3.05, 3.63) is 42.0 Å². The van der Waals surface area contributed by atoms with Gasteiger partial charge >= 0.3 is 0 Å². The second-order valence-corrected chi connectivity index (χ2v) is 4.80. The van der Waals surface area contributed by atoms with Crippen molar-refractivity contribution in [1.82, 2.24) is 0 Å². The Balaban J connectivity index is 2.25. The first-order valence-electron chi connectivity index (χ1n) is 6.02. The van der Waals surface area contributed by atoms with Crippen LogP contribution in [0.3, 0.4) is 0 Å². The standard InChI is InChI=1S/C15H18S/c1-2-3-4-6-12-9-10-13-7-5-8-14(16)11-15(12)13/h5,7-11,16H,2-4,6H2,1H3. The molecule has 0 radical (unpaired) electrons. The fourth-order valence-electron chi connectivity index (χ4n) is 2.11. The quantitative estimate of drug-likeness (QED) is 0.565. The van der Waals surface area contributed by atoms with E-state index in [0.29, 0.717) is 0 Å². The van der Waals surface area contributed by atoms with Gasteiger partial charge in [-0.2, -0.15) is 0 Å². The molecule has 0 bridgehead atoms. The van der Waals surface area contributed by atoms with Crippen LogP contribution in [-0.4, -0.2) is 0 Å². The van der Waals surface area contributed by atoms with E-state index in [2.05, 4.69) is 49.9 Å². The summed E-state index contributed by atoms with van der Waals surface area (Å²) in [6.07, 6.45) is 5.08. The lowest BCUT2D eigenvalue weighted by molar-refractivity contribution is 0.719. The Morgan fingerprint density at radius 1 is 1.06 bits per heavy atom. The number of unbranched alkanes of at least 4 members (excludes halogenated alkanes) is 2. The van der Waals surface area contributed by atoms with Crippen molar-refractivity contribution in [2.24, 2.45) is 0 Å². The molecule has 0 nitrogen and oxygen atoms in total. The second kappa shape index (κ2) is 5.40. The molecule has 0 spiro atoms. The predicted molar refractivity (Wildman–Crippen MR) is 73.5 cm³/mol. The van der Waals surface area contributed by atoms with Gasteiger partial charge in [-0.15, -0.1) is 12.6 Å². The van der Waals surface area contributed by atoms with E-state index >= 15 is 0 Å². The van der Waals surface area contributed by atoms with Gasteiger partial charge < -0.3 is 0 Å². The fourth-order valence-corrected chi connectivity index (χ4v) is 2.32. The summed E-state index contributed by atoms with van der Waals surface area (Å²) in [6, 6.07) is 12.9. The third kappa shape index (κ3) is 2.59. The van der Waals surface area contributed by atoms with Crippen molar-refractivity contribution in [2.45, 2.75) is 37.5 Å². The molecule has 0 amide bonds. The van der Waals surface area contributed by atoms with E-state index in [1.54, 1.807) is 0 Å². The van der Waals surface area contributed by atoms with Crippen LogP contribution in [0.5, 0.6) is 0 Å². The summed E-state index contributed by atoms with van der Waals surface area (Å²) in [5, 5.41) is 0. The molecule has 0 fully saturated rings. The summed E-state index contributed by atoms with van der Waals surface area (Å²) >= 11 is 4.44. The highest BCUT2D eigenvalue weighted by molar-refractivity contribution is 7.80. The summed E-state index contributed by atoms with van der Waals surface area (Å²) in [6.45, 7) is 2.24. The molecule has 16 heavy (non-hydrogen) atoms. The Kier molecular flexibility index (Phi) is 3.89. The molecule has 0 saturated heterocycles. The SMILES string of the molecule is CCCCCc1ccc2cccc(S)cc1-2. The largest absolute Gasteiger partial charge is 0.143 e. The highest BCUT2D eigenvalue weighted by Gasteiger charge is 2.07. The molecule has 0 atom stereocenters. The minimum Gasteiger partial charge on any atom is -0.143 e. The molecule has 0 saturated carbocycles. The summed E-state index contributed by atoms with van der Waals surface area (Å²) in [5.74, 6) is 0. The van der Waals surface area contributed by atoms with Crippen molar-refractivity contribution >= 4 is 12.6 Å². The Bertz CT molecular complexity index is 434. The topological polar surface area (TPSA) is 0 Å². The van der Waals surface area contributed by atoms with Crippen molar-refractivity contribution in [3.63, 3.8) is 0 Å². The predicted octanol–water partition coefficient (Wildman–Crippen LogP) is 4.81. The zero-order valence-corrected chi connectivity index (χ0v) is 10.6. The number of hydrogen-bond acceptors (Lipinski definition) is 1. The molecular formula is C15H18S. The van der Waals surface area contributed by atoms with E-state index < -0.39 is 0 Å². The van der Waals surface area contributed by atoms with Crippen LogP contribution in [0.1, 0.15) is 31.7 Å². The van der Waals surface area contributed by atoms with E-state index in [4.69, 9.17) is 0 Å². The molecule has 0 aromatic carbocycles. The van der Waals surface area contributed by atoms with E-state index in [-0.39, 0.29) is 0 Å². The van der Waals surface area contributed by atoms with Crippen molar-refractivity contribution in [1.29, 1.82) is 0 Å². The van der Waals surface area contributed by atoms with E-state index in [0.717, 1.165) is 4.90 Å². The molecule has 0 aromatic rings. The second-order valence-electron chi connectivity index (χ2n) is 4.28. The molecule has 0 aromatic heterocycles. The van der Waals surface area contributed by atoms with Crippen LogP contribution < -0.4 is 0 Å². The van der Waals surface area contributed by atoms with Gasteiger partial charge in [0.25, 0.3) is 0 Å². The summed E-state index contributed by atoms with van der Waals surface area (Å²) in [7, 11) is 0. The number of rotatable bonds is 4. The molecule has 0 aliphatic heterocycles. The lowest BCUT2D eigenvalue weighted by Gasteiger charge is -2.01. The number of aryl methyl sites for hydroxylation is 1. The molecule has 0 heterocycles. The Morgan fingerprint density at radius 3 is 2.75 bits per heavy atom. The molecule has 2 aliphatic carbocycles. The minimum absolute atomic E-state index is 1.04. The van der Waals surface area contributed by atoms with Crippen LogP contribution in [0.25, 0.3) is 11.1 Å². The number of fused-ring (bicyclic) bond motifs is 1. The van der Waals surface area contributed by atoms with Crippen LogP contribution in [-0.2, 0) is 6.42 Å². The fraction of sp³-hybridized carbons (Fsp3) is 0.333. The van der Waals surface area contributed by atoms with Gasteiger partial charge in [-0.05, 0) is 41.7 Å². The van der Waals surface area contributed by atoms with Crippen LogP contribution >= 0.6 is 12.6 Å². The van der Waals surface area contributed by atoms with Crippen molar-refractivity contribution < 1.29 is 0 Å². The van der Waals surface area contributed by atoms with Gasteiger partial charge in [0.05, 0.1) is 0 Å². The zero-order valence-electron chi connectivity index (χ0n) is 9.74. The average Bonchev–Trinajstić information content (AvgIpc) is 2.54. The van der Waals surface area contributed by atoms with Gasteiger partial charge in [0.15, 0.2) is 0 Å².